The van der Waals surface area contributed by atoms with Crippen LogP contribution in [0.25, 0.3) is 0 Å². The molecule has 0 bridgehead atoms. The highest BCUT2D eigenvalue weighted by atomic mass is 15.6. The van der Waals surface area contributed by atoms with Crippen LogP contribution in [0.1, 0.15) is 0 Å². The molecule has 1 aromatic heterocycles. The molecule has 0 amide bonds. The van der Waals surface area contributed by atoms with Crippen LogP contribution in [-0.4, -0.2) is 4.68 Å². The fraction of sp³-hybridized carbons (Fsp3) is 0. The van der Waals surface area contributed by atoms with Crippen molar-refractivity contribution in [1.29, 1.82) is 0 Å². The zero-order valence-electron chi connectivity index (χ0n) is 3.57. The van der Waals surface area contributed by atoms with Crippen molar-refractivity contribution in [3.8, 4) is 0 Å². The third-order valence-electron chi connectivity index (χ3n) is 0.951. The molecule has 2 heterocycles. The molecule has 1 aliphatic heterocycles. The van der Waals surface area contributed by atoms with Crippen LogP contribution in [0, 0.1) is 0 Å². The molecule has 7 heavy (non-hydrogen) atoms. The predicted molar refractivity (Wildman–Crippen MR) is 24.3 cm³/mol. The van der Waals surface area contributed by atoms with Gasteiger partial charge in [-0.15, -0.1) is 5.11 Å². The topological polar surface area (TPSA) is 29.6 Å². The Labute approximate surface area is 40.3 Å². The van der Waals surface area contributed by atoms with Crippen LogP contribution >= 0.6 is 0 Å². The minimum Gasteiger partial charge on any atom is -0.202 e. The highest BCUT2D eigenvalue weighted by Gasteiger charge is 2.03. The number of hydrogen-bond acceptors (Lipinski definition) is 2. The minimum absolute atomic E-state index is 0.944. The van der Waals surface area contributed by atoms with Gasteiger partial charge in [-0.05, 0) is 12.1 Å². The van der Waals surface area contributed by atoms with Crippen molar-refractivity contribution in [1.82, 2.24) is 4.68 Å². The van der Waals surface area contributed by atoms with Crippen LogP contribution in [0.2, 0.25) is 0 Å². The summed E-state index contributed by atoms with van der Waals surface area (Å²) in [5.74, 6) is 0.944. The summed E-state index contributed by atoms with van der Waals surface area (Å²) in [5, 5.41) is 7.31. The van der Waals surface area contributed by atoms with E-state index in [9.17, 15) is 0 Å². The van der Waals surface area contributed by atoms with E-state index in [0.29, 0.717) is 0 Å². The monoisotopic (exact) mass is 93.0 g/mol. The van der Waals surface area contributed by atoms with Crippen molar-refractivity contribution >= 4 is 5.82 Å². The molecule has 1 aromatic rings. The summed E-state index contributed by atoms with van der Waals surface area (Å²) in [5.41, 5.74) is 0. The first-order valence-corrected chi connectivity index (χ1v) is 2.06. The molecule has 0 spiro atoms. The lowest BCUT2D eigenvalue weighted by molar-refractivity contribution is 0.720. The number of fused-ring (bicyclic) bond motifs is 1. The Balaban J connectivity index is 2.79. The fourth-order valence-electron chi connectivity index (χ4n) is 0.575. The quantitative estimate of drug-likeness (QED) is 0.470. The summed E-state index contributed by atoms with van der Waals surface area (Å²) in [7, 11) is 0. The van der Waals surface area contributed by atoms with Gasteiger partial charge in [-0.2, -0.15) is 0 Å². The van der Waals surface area contributed by atoms with Gasteiger partial charge in [0.2, 0.25) is 0 Å². The first-order chi connectivity index (χ1) is 3.47. The highest BCUT2D eigenvalue weighted by molar-refractivity contribution is 5.31. The normalized spacial score (nSPS) is 13.1. The maximum Gasteiger partial charge on any atom is 0.179 e. The molecule has 0 N–H and O–H groups in total. The number of aromatic nitrogens is 1. The van der Waals surface area contributed by atoms with E-state index < -0.39 is 0 Å². The number of rotatable bonds is 0. The smallest absolute Gasteiger partial charge is 0.179 e. The summed E-state index contributed by atoms with van der Waals surface area (Å²) in [6.07, 6.45) is 1.86. The Morgan fingerprint density at radius 2 is 2.57 bits per heavy atom. The summed E-state index contributed by atoms with van der Waals surface area (Å²) in [6, 6.07) is 3.82. The molecule has 0 fully saturated rings. The lowest BCUT2D eigenvalue weighted by atomic mass is 10.6. The van der Waals surface area contributed by atoms with Gasteiger partial charge in [0.05, 0.1) is 0 Å². The van der Waals surface area contributed by atoms with Crippen molar-refractivity contribution in [2.45, 2.75) is 0 Å². The first kappa shape index (κ1) is 2.96. The summed E-state index contributed by atoms with van der Waals surface area (Å²) in [4.78, 5) is 0. The molecule has 3 nitrogen and oxygen atoms in total. The average Bonchev–Trinajstić information content (AvgIpc) is 1.85. The van der Waals surface area contributed by atoms with Gasteiger partial charge in [0.25, 0.3) is 0 Å². The van der Waals surface area contributed by atoms with Gasteiger partial charge in [0.15, 0.2) is 5.82 Å². The molecule has 0 saturated heterocycles. The predicted octanol–water partition coefficient (Wildman–Crippen LogP) is 1.35. The molecule has 3 heteroatoms. The van der Waals surface area contributed by atoms with Crippen LogP contribution < -0.4 is 0 Å². The molecular formula is C4H3N3. The second kappa shape index (κ2) is 0.753. The number of nitrogens with zero attached hydrogens (tertiary/aromatic N) is 3. The van der Waals surface area contributed by atoms with E-state index in [4.69, 9.17) is 0 Å². The Hall–Kier alpha value is -1.12. The molecule has 34 valence electrons. The van der Waals surface area contributed by atoms with E-state index in [1.54, 1.807) is 4.68 Å². The molecule has 0 unspecified atom stereocenters. The van der Waals surface area contributed by atoms with Crippen LogP contribution in [0.15, 0.2) is 28.7 Å². The lowest BCUT2D eigenvalue weighted by Gasteiger charge is -2.00. The van der Waals surface area contributed by atoms with Crippen LogP contribution in [0.5, 0.6) is 0 Å². The van der Waals surface area contributed by atoms with E-state index >= 15 is 0 Å². The van der Waals surface area contributed by atoms with E-state index in [1.807, 2.05) is 18.3 Å². The van der Waals surface area contributed by atoms with Crippen molar-refractivity contribution in [2.75, 3.05) is 0 Å². The van der Waals surface area contributed by atoms with Crippen molar-refractivity contribution in [3.63, 3.8) is 0 Å². The van der Waals surface area contributed by atoms with E-state index in [0.717, 1.165) is 5.82 Å². The second-order valence-electron chi connectivity index (χ2n) is 1.40. The summed E-state index contributed by atoms with van der Waals surface area (Å²) >= 11 is 0. The molecule has 0 aliphatic carbocycles. The van der Waals surface area contributed by atoms with Crippen LogP contribution in [0.4, 0.5) is 5.82 Å². The fourth-order valence-corrected chi connectivity index (χ4v) is 0.575. The highest BCUT2D eigenvalue weighted by Crippen LogP contribution is 2.20. The zero-order valence-corrected chi connectivity index (χ0v) is 3.57. The van der Waals surface area contributed by atoms with E-state index in [1.165, 1.54) is 0 Å². The summed E-state index contributed by atoms with van der Waals surface area (Å²) < 4.78 is 1.72. The summed E-state index contributed by atoms with van der Waals surface area (Å²) in [6.45, 7) is 0. The Kier molecular flexibility index (Phi) is 0.318. The van der Waals surface area contributed by atoms with E-state index in [2.05, 4.69) is 10.3 Å². The third-order valence-corrected chi connectivity index (χ3v) is 0.951. The first-order valence-electron chi connectivity index (χ1n) is 2.06. The Bertz CT molecular complexity index is 190. The van der Waals surface area contributed by atoms with Crippen molar-refractivity contribution < 1.29 is 0 Å². The molecule has 0 aromatic carbocycles. The largest absolute Gasteiger partial charge is 0.202 e. The van der Waals surface area contributed by atoms with Gasteiger partial charge in [0, 0.05) is 6.20 Å². The molecule has 0 saturated carbocycles. The lowest BCUT2D eigenvalue weighted by Crippen LogP contribution is -1.89. The Morgan fingerprint density at radius 3 is 2.86 bits per heavy atom. The van der Waals surface area contributed by atoms with Gasteiger partial charge in [0.1, 0.15) is 0 Å². The molecular weight excluding hydrogens is 90.1 g/mol. The van der Waals surface area contributed by atoms with Gasteiger partial charge in [-0.1, -0.05) is 5.22 Å². The van der Waals surface area contributed by atoms with Gasteiger partial charge in [-0.25, -0.2) is 4.68 Å². The minimum atomic E-state index is 0.944. The SMILES string of the molecule is c1cc2n(c1)N=N2. The van der Waals surface area contributed by atoms with Crippen molar-refractivity contribution in [3.05, 3.63) is 18.3 Å². The van der Waals surface area contributed by atoms with Gasteiger partial charge < -0.3 is 0 Å². The van der Waals surface area contributed by atoms with E-state index in [-0.39, 0.29) is 0 Å². The standard InChI is InChI=1S/C4H3N3/c1-2-4-5-6-7(4)3-1/h1-3H. The maximum absolute atomic E-state index is 3.68. The average molecular weight is 93.1 g/mol. The molecule has 0 radical (unpaired) electrons. The van der Waals surface area contributed by atoms with Crippen LogP contribution in [-0.2, 0) is 0 Å². The number of hydrogen-bond donors (Lipinski definition) is 0. The second-order valence-corrected chi connectivity index (χ2v) is 1.40. The van der Waals surface area contributed by atoms with Gasteiger partial charge >= 0.3 is 0 Å². The molecule has 2 rings (SSSR count). The zero-order chi connectivity index (χ0) is 4.69. The van der Waals surface area contributed by atoms with Gasteiger partial charge in [-0.3, -0.25) is 0 Å². The molecule has 1 aliphatic rings. The maximum atomic E-state index is 3.68. The molecule has 0 atom stereocenters. The third kappa shape index (κ3) is 0.210. The van der Waals surface area contributed by atoms with Crippen LogP contribution in [0.3, 0.4) is 0 Å². The Morgan fingerprint density at radius 1 is 1.57 bits per heavy atom. The van der Waals surface area contributed by atoms with Crippen molar-refractivity contribution in [2.24, 2.45) is 10.3 Å².